The van der Waals surface area contributed by atoms with Crippen LogP contribution in [-0.2, 0) is 4.79 Å². The summed E-state index contributed by atoms with van der Waals surface area (Å²) in [6, 6.07) is 0. The molecular formula is C11H21NO2. The molecule has 14 heavy (non-hydrogen) atoms. The molecular weight excluding hydrogens is 178 g/mol. The molecule has 1 saturated carbocycles. The lowest BCUT2D eigenvalue weighted by molar-refractivity contribution is -0.146. The van der Waals surface area contributed by atoms with Gasteiger partial charge in [0.25, 0.3) is 0 Å². The van der Waals surface area contributed by atoms with Crippen molar-refractivity contribution in [1.82, 2.24) is 5.32 Å². The van der Waals surface area contributed by atoms with Gasteiger partial charge in [0, 0.05) is 0 Å². The molecule has 0 saturated heterocycles. The van der Waals surface area contributed by atoms with Gasteiger partial charge < -0.3 is 10.4 Å². The fraction of sp³-hybridized carbons (Fsp3) is 0.909. The lowest BCUT2D eigenvalue weighted by Gasteiger charge is -2.36. The Bertz CT molecular complexity index is 190. The number of hydrogen-bond acceptors (Lipinski definition) is 2. The first-order valence-corrected chi connectivity index (χ1v) is 5.59. The maximum atomic E-state index is 11.2. The highest BCUT2D eigenvalue weighted by molar-refractivity contribution is 5.78. The molecule has 1 aliphatic carbocycles. The first-order valence-electron chi connectivity index (χ1n) is 5.59. The van der Waals surface area contributed by atoms with Crippen LogP contribution in [0.25, 0.3) is 0 Å². The molecule has 0 heterocycles. The third kappa shape index (κ3) is 2.47. The van der Waals surface area contributed by atoms with Crippen molar-refractivity contribution in [3.8, 4) is 0 Å². The Hall–Kier alpha value is -0.570. The molecule has 0 spiro atoms. The monoisotopic (exact) mass is 199 g/mol. The van der Waals surface area contributed by atoms with E-state index in [2.05, 4.69) is 19.2 Å². The predicted octanol–water partition coefficient (Wildman–Crippen LogP) is 2.02. The van der Waals surface area contributed by atoms with Gasteiger partial charge in [0.1, 0.15) is 5.54 Å². The molecule has 0 amide bonds. The van der Waals surface area contributed by atoms with Crippen LogP contribution < -0.4 is 5.32 Å². The van der Waals surface area contributed by atoms with Crippen LogP contribution >= 0.6 is 0 Å². The lowest BCUT2D eigenvalue weighted by Crippen LogP contribution is -2.54. The fourth-order valence-electron chi connectivity index (χ4n) is 2.09. The van der Waals surface area contributed by atoms with Crippen LogP contribution in [-0.4, -0.2) is 23.2 Å². The van der Waals surface area contributed by atoms with Crippen LogP contribution in [0.5, 0.6) is 0 Å². The molecule has 1 aliphatic rings. The zero-order valence-corrected chi connectivity index (χ0v) is 9.18. The Morgan fingerprint density at radius 3 is 2.50 bits per heavy atom. The summed E-state index contributed by atoms with van der Waals surface area (Å²) in [6.45, 7) is 5.07. The Labute approximate surface area is 85.9 Å². The van der Waals surface area contributed by atoms with Crippen molar-refractivity contribution < 1.29 is 9.90 Å². The molecule has 0 radical (unpaired) electrons. The van der Waals surface area contributed by atoms with Crippen molar-refractivity contribution >= 4 is 5.97 Å². The third-order valence-electron chi connectivity index (χ3n) is 3.25. The van der Waals surface area contributed by atoms with Gasteiger partial charge in [-0.2, -0.15) is 0 Å². The molecule has 0 aromatic heterocycles. The Kier molecular flexibility index (Phi) is 3.93. The number of rotatable bonds is 4. The summed E-state index contributed by atoms with van der Waals surface area (Å²) < 4.78 is 0. The highest BCUT2D eigenvalue weighted by Gasteiger charge is 2.40. The highest BCUT2D eigenvalue weighted by Crippen LogP contribution is 2.32. The van der Waals surface area contributed by atoms with E-state index in [0.29, 0.717) is 5.92 Å². The Morgan fingerprint density at radius 2 is 2.07 bits per heavy atom. The van der Waals surface area contributed by atoms with Crippen molar-refractivity contribution in [3.05, 3.63) is 0 Å². The minimum Gasteiger partial charge on any atom is -0.480 e. The van der Waals surface area contributed by atoms with E-state index in [9.17, 15) is 9.90 Å². The molecule has 0 aromatic rings. The normalized spacial score (nSPS) is 32.9. The van der Waals surface area contributed by atoms with Gasteiger partial charge in [-0.25, -0.2) is 0 Å². The second-order valence-electron chi connectivity index (χ2n) is 4.50. The van der Waals surface area contributed by atoms with Crippen molar-refractivity contribution in [2.45, 2.75) is 51.5 Å². The number of carboxylic acids is 1. The molecule has 0 unspecified atom stereocenters. The second kappa shape index (κ2) is 4.78. The first kappa shape index (κ1) is 11.5. The van der Waals surface area contributed by atoms with Gasteiger partial charge in [0.15, 0.2) is 0 Å². The summed E-state index contributed by atoms with van der Waals surface area (Å²) in [5.74, 6) is 0.0174. The molecule has 3 nitrogen and oxygen atoms in total. The van der Waals surface area contributed by atoms with Crippen LogP contribution in [0.3, 0.4) is 0 Å². The largest absolute Gasteiger partial charge is 0.480 e. The summed E-state index contributed by atoms with van der Waals surface area (Å²) in [6.07, 6.45) is 4.61. The van der Waals surface area contributed by atoms with E-state index in [1.54, 1.807) is 0 Å². The molecule has 0 aliphatic heterocycles. The zero-order valence-electron chi connectivity index (χ0n) is 9.18. The molecule has 1 fully saturated rings. The van der Waals surface area contributed by atoms with Crippen LogP contribution in [0.4, 0.5) is 0 Å². The molecule has 0 bridgehead atoms. The minimum atomic E-state index is -0.669. The van der Waals surface area contributed by atoms with E-state index < -0.39 is 11.5 Å². The van der Waals surface area contributed by atoms with Crippen LogP contribution in [0.15, 0.2) is 0 Å². The Balaban J connectivity index is 2.58. The SMILES string of the molecule is CCCNC1(C(=O)O)CCC(C)CC1. The summed E-state index contributed by atoms with van der Waals surface area (Å²) in [7, 11) is 0. The van der Waals surface area contributed by atoms with Gasteiger partial charge in [-0.15, -0.1) is 0 Å². The van der Waals surface area contributed by atoms with Crippen molar-refractivity contribution in [2.24, 2.45) is 5.92 Å². The molecule has 0 aromatic carbocycles. The second-order valence-corrected chi connectivity index (χ2v) is 4.50. The third-order valence-corrected chi connectivity index (χ3v) is 3.25. The number of hydrogen-bond donors (Lipinski definition) is 2. The van der Waals surface area contributed by atoms with Crippen molar-refractivity contribution in [3.63, 3.8) is 0 Å². The number of nitrogens with one attached hydrogen (secondary N) is 1. The van der Waals surface area contributed by atoms with Crippen molar-refractivity contribution in [2.75, 3.05) is 6.54 Å². The zero-order chi connectivity index (χ0) is 10.6. The van der Waals surface area contributed by atoms with Crippen LogP contribution in [0.2, 0.25) is 0 Å². The molecule has 3 heteroatoms. The minimum absolute atomic E-state index is 0.622. The quantitative estimate of drug-likeness (QED) is 0.728. The van der Waals surface area contributed by atoms with Gasteiger partial charge in [0.2, 0.25) is 0 Å². The fourth-order valence-corrected chi connectivity index (χ4v) is 2.09. The number of carbonyl (C=O) groups is 1. The molecule has 0 atom stereocenters. The van der Waals surface area contributed by atoms with Crippen LogP contribution in [0, 0.1) is 5.92 Å². The molecule has 1 rings (SSSR count). The van der Waals surface area contributed by atoms with Crippen LogP contribution in [0.1, 0.15) is 46.0 Å². The molecule has 82 valence electrons. The summed E-state index contributed by atoms with van der Waals surface area (Å²) in [4.78, 5) is 11.2. The summed E-state index contributed by atoms with van der Waals surface area (Å²) in [5, 5.41) is 12.4. The van der Waals surface area contributed by atoms with Gasteiger partial charge in [-0.1, -0.05) is 13.8 Å². The standard InChI is InChI=1S/C11H21NO2/c1-3-8-12-11(10(13)14)6-4-9(2)5-7-11/h9,12H,3-8H2,1-2H3,(H,13,14). The smallest absolute Gasteiger partial charge is 0.323 e. The highest BCUT2D eigenvalue weighted by atomic mass is 16.4. The van der Waals surface area contributed by atoms with Gasteiger partial charge in [0.05, 0.1) is 0 Å². The van der Waals surface area contributed by atoms with E-state index in [4.69, 9.17) is 0 Å². The van der Waals surface area contributed by atoms with E-state index in [1.165, 1.54) is 0 Å². The predicted molar refractivity (Wildman–Crippen MR) is 56.3 cm³/mol. The van der Waals surface area contributed by atoms with E-state index in [-0.39, 0.29) is 0 Å². The number of carboxylic acid groups (broad SMARTS) is 1. The van der Waals surface area contributed by atoms with Gasteiger partial charge in [-0.05, 0) is 44.6 Å². The van der Waals surface area contributed by atoms with E-state index in [0.717, 1.165) is 38.6 Å². The summed E-state index contributed by atoms with van der Waals surface area (Å²) in [5.41, 5.74) is -0.622. The first-order chi connectivity index (χ1) is 6.60. The average molecular weight is 199 g/mol. The van der Waals surface area contributed by atoms with Crippen molar-refractivity contribution in [1.29, 1.82) is 0 Å². The summed E-state index contributed by atoms with van der Waals surface area (Å²) >= 11 is 0. The van der Waals surface area contributed by atoms with E-state index in [1.807, 2.05) is 0 Å². The maximum absolute atomic E-state index is 11.2. The average Bonchev–Trinajstić information content (AvgIpc) is 2.17. The maximum Gasteiger partial charge on any atom is 0.323 e. The molecule has 2 N–H and O–H groups in total. The Morgan fingerprint density at radius 1 is 1.50 bits per heavy atom. The number of aliphatic carboxylic acids is 1. The lowest BCUT2D eigenvalue weighted by atomic mass is 9.77. The van der Waals surface area contributed by atoms with E-state index >= 15 is 0 Å². The van der Waals surface area contributed by atoms with Gasteiger partial charge >= 0.3 is 5.97 Å². The topological polar surface area (TPSA) is 49.3 Å². The van der Waals surface area contributed by atoms with Gasteiger partial charge in [-0.3, -0.25) is 4.79 Å².